The average Bonchev–Trinajstić information content (AvgIpc) is 2.68. The molecule has 8 nitrogen and oxygen atoms in total. The summed E-state index contributed by atoms with van der Waals surface area (Å²) in [6, 6.07) is 2.60. The van der Waals surface area contributed by atoms with Crippen LogP contribution >= 0.6 is 0 Å². The van der Waals surface area contributed by atoms with Crippen LogP contribution in [0, 0.1) is 0 Å². The Balaban J connectivity index is 2.17. The first-order valence-corrected chi connectivity index (χ1v) is 8.69. The predicted octanol–water partition coefficient (Wildman–Crippen LogP) is 4.93. The monoisotopic (exact) mass is 508 g/mol. The molecule has 2 amide bonds. The second-order valence-electron chi connectivity index (χ2n) is 6.21. The van der Waals surface area contributed by atoms with E-state index in [4.69, 9.17) is 0 Å². The Labute approximate surface area is 184 Å². The van der Waals surface area contributed by atoms with Crippen molar-refractivity contribution in [3.8, 4) is 17.6 Å². The molecule has 1 aromatic carbocycles. The molecule has 0 aliphatic carbocycles. The molecule has 0 saturated heterocycles. The molecular weight excluding hydrogens is 495 g/mol. The van der Waals surface area contributed by atoms with Crippen molar-refractivity contribution in [2.45, 2.75) is 18.7 Å². The number of alkyl halides is 9. The molecule has 188 valence electrons. The molecule has 0 spiro atoms. The van der Waals surface area contributed by atoms with E-state index in [0.29, 0.717) is 6.07 Å². The third-order valence-corrected chi connectivity index (χ3v) is 3.43. The van der Waals surface area contributed by atoms with Gasteiger partial charge in [-0.1, -0.05) is 0 Å². The highest BCUT2D eigenvalue weighted by Gasteiger charge is 2.32. The van der Waals surface area contributed by atoms with Crippen LogP contribution in [0.3, 0.4) is 0 Å². The molecule has 0 aliphatic heterocycles. The van der Waals surface area contributed by atoms with E-state index in [-0.39, 0.29) is 5.69 Å². The zero-order valence-electron chi connectivity index (χ0n) is 16.7. The Morgan fingerprint density at radius 1 is 0.912 bits per heavy atom. The Kier molecular flexibility index (Phi) is 7.89. The van der Waals surface area contributed by atoms with E-state index >= 15 is 0 Å². The summed E-state index contributed by atoms with van der Waals surface area (Å²) in [5, 5.41) is 2.07. The van der Waals surface area contributed by atoms with Crippen molar-refractivity contribution in [2.24, 2.45) is 0 Å². The topological polar surface area (TPSA) is 85.8 Å². The fraction of sp³-hybridized carbons (Fsp3) is 0.353. The van der Waals surface area contributed by atoms with Gasteiger partial charge < -0.3 is 14.2 Å². The van der Waals surface area contributed by atoms with Gasteiger partial charge in [-0.25, -0.2) is 4.79 Å². The SMILES string of the molecule is CN(C(=O)Nc1cc(OCC(F)(F)F)nc(OCC(F)(F)F)n1)c1ccc(OC(F)(F)F)cc1. The summed E-state index contributed by atoms with van der Waals surface area (Å²) in [4.78, 5) is 20.0. The van der Waals surface area contributed by atoms with Crippen LogP contribution in [-0.2, 0) is 0 Å². The molecule has 0 fully saturated rings. The van der Waals surface area contributed by atoms with Crippen LogP contribution in [0.1, 0.15) is 0 Å². The van der Waals surface area contributed by atoms with Crippen LogP contribution in [0.2, 0.25) is 0 Å². The van der Waals surface area contributed by atoms with E-state index in [9.17, 15) is 44.3 Å². The molecule has 0 radical (unpaired) electrons. The first-order chi connectivity index (χ1) is 15.5. The zero-order valence-corrected chi connectivity index (χ0v) is 16.7. The normalized spacial score (nSPS) is 12.2. The van der Waals surface area contributed by atoms with E-state index in [0.717, 1.165) is 36.2 Å². The molecule has 2 rings (SSSR count). The standard InChI is InChI=1S/C17H13F9N4O4/c1-30(9-2-4-10(5-3-9)34-17(24,25)26)14(31)28-11-6-12(32-7-15(18,19)20)29-13(27-11)33-8-16(21,22)23/h2-6H,7-8H2,1H3,(H,27,28,29,31). The summed E-state index contributed by atoms with van der Waals surface area (Å²) in [6.07, 6.45) is -14.6. The Morgan fingerprint density at radius 3 is 2.00 bits per heavy atom. The van der Waals surface area contributed by atoms with Gasteiger partial charge in [-0.3, -0.25) is 10.2 Å². The van der Waals surface area contributed by atoms with Gasteiger partial charge in [0.15, 0.2) is 13.2 Å². The molecule has 0 aliphatic rings. The summed E-state index contributed by atoms with van der Waals surface area (Å²) >= 11 is 0. The minimum atomic E-state index is -4.93. The molecule has 0 bridgehead atoms. The van der Waals surface area contributed by atoms with Crippen molar-refractivity contribution in [3.63, 3.8) is 0 Å². The molecular formula is C17H13F9N4O4. The number of aromatic nitrogens is 2. The van der Waals surface area contributed by atoms with Crippen LogP contribution in [0.5, 0.6) is 17.6 Å². The number of ether oxygens (including phenoxy) is 3. The van der Waals surface area contributed by atoms with Crippen LogP contribution in [0.4, 0.5) is 55.8 Å². The lowest BCUT2D eigenvalue weighted by molar-refractivity contribution is -0.274. The summed E-state index contributed by atoms with van der Waals surface area (Å²) in [6.45, 7) is -3.72. The quantitative estimate of drug-likeness (QED) is 0.535. The van der Waals surface area contributed by atoms with Gasteiger partial charge in [0.1, 0.15) is 11.6 Å². The minimum absolute atomic E-state index is 0.0446. The third kappa shape index (κ3) is 9.45. The molecule has 0 saturated carbocycles. The van der Waals surface area contributed by atoms with Crippen LogP contribution in [0.15, 0.2) is 30.3 Å². The number of carbonyl (C=O) groups is 1. The third-order valence-electron chi connectivity index (χ3n) is 3.43. The highest BCUT2D eigenvalue weighted by atomic mass is 19.4. The van der Waals surface area contributed by atoms with Gasteiger partial charge in [-0.2, -0.15) is 36.3 Å². The van der Waals surface area contributed by atoms with E-state index < -0.39 is 61.4 Å². The number of amides is 2. The molecule has 34 heavy (non-hydrogen) atoms. The number of anilines is 2. The van der Waals surface area contributed by atoms with Gasteiger partial charge in [0.25, 0.3) is 0 Å². The van der Waals surface area contributed by atoms with Gasteiger partial charge in [-0.05, 0) is 24.3 Å². The number of nitrogens with zero attached hydrogens (tertiary/aromatic N) is 3. The smallest absolute Gasteiger partial charge is 0.468 e. The summed E-state index contributed by atoms with van der Waals surface area (Å²) in [5.41, 5.74) is 0.0446. The van der Waals surface area contributed by atoms with Gasteiger partial charge in [0.05, 0.1) is 0 Å². The number of nitrogens with one attached hydrogen (secondary N) is 1. The van der Waals surface area contributed by atoms with Gasteiger partial charge in [-0.15, -0.1) is 13.2 Å². The van der Waals surface area contributed by atoms with Crippen molar-refractivity contribution in [2.75, 3.05) is 30.5 Å². The number of urea groups is 1. The number of carbonyl (C=O) groups excluding carboxylic acids is 1. The lowest BCUT2D eigenvalue weighted by Crippen LogP contribution is -2.31. The molecule has 0 atom stereocenters. The van der Waals surface area contributed by atoms with Gasteiger partial charge in [0.2, 0.25) is 5.88 Å². The van der Waals surface area contributed by atoms with Crippen molar-refractivity contribution >= 4 is 17.5 Å². The number of halogens is 9. The maximum atomic E-state index is 12.4. The summed E-state index contributed by atoms with van der Waals surface area (Å²) in [7, 11) is 1.16. The molecule has 0 unspecified atom stereocenters. The van der Waals surface area contributed by atoms with E-state index in [1.165, 1.54) is 0 Å². The zero-order chi connectivity index (χ0) is 25.7. The second kappa shape index (κ2) is 10.1. The fourth-order valence-electron chi connectivity index (χ4n) is 2.09. The Morgan fingerprint density at radius 2 is 1.47 bits per heavy atom. The fourth-order valence-corrected chi connectivity index (χ4v) is 2.09. The Hall–Kier alpha value is -3.66. The number of rotatable bonds is 7. The largest absolute Gasteiger partial charge is 0.573 e. The highest BCUT2D eigenvalue weighted by Crippen LogP contribution is 2.26. The number of hydrogen-bond donors (Lipinski definition) is 1. The minimum Gasteiger partial charge on any atom is -0.468 e. The first-order valence-electron chi connectivity index (χ1n) is 8.69. The maximum Gasteiger partial charge on any atom is 0.573 e. The molecule has 1 N–H and O–H groups in total. The molecule has 17 heteroatoms. The van der Waals surface area contributed by atoms with Crippen molar-refractivity contribution in [1.29, 1.82) is 0 Å². The maximum absolute atomic E-state index is 12.4. The lowest BCUT2D eigenvalue weighted by atomic mass is 10.3. The van der Waals surface area contributed by atoms with Gasteiger partial charge in [0, 0.05) is 18.8 Å². The van der Waals surface area contributed by atoms with E-state index in [2.05, 4.69) is 29.5 Å². The lowest BCUT2D eigenvalue weighted by Gasteiger charge is -2.19. The van der Waals surface area contributed by atoms with Crippen LogP contribution in [-0.4, -0.2) is 55.0 Å². The Bertz CT molecular complexity index is 943. The first kappa shape index (κ1) is 26.6. The van der Waals surface area contributed by atoms with Crippen molar-refractivity contribution in [3.05, 3.63) is 30.3 Å². The predicted molar refractivity (Wildman–Crippen MR) is 95.7 cm³/mol. The van der Waals surface area contributed by atoms with Crippen LogP contribution < -0.4 is 24.4 Å². The summed E-state index contributed by atoms with van der Waals surface area (Å²) < 4.78 is 123. The molecule has 1 heterocycles. The van der Waals surface area contributed by atoms with Crippen molar-refractivity contribution in [1.82, 2.24) is 9.97 Å². The molecule has 2 aromatic rings. The van der Waals surface area contributed by atoms with Crippen molar-refractivity contribution < 1.29 is 58.5 Å². The summed E-state index contributed by atoms with van der Waals surface area (Å²) in [5.74, 6) is -2.01. The highest BCUT2D eigenvalue weighted by molar-refractivity contribution is 6.00. The van der Waals surface area contributed by atoms with Gasteiger partial charge >= 0.3 is 30.8 Å². The number of benzene rings is 1. The average molecular weight is 508 g/mol. The second-order valence-corrected chi connectivity index (χ2v) is 6.21. The molecule has 1 aromatic heterocycles. The van der Waals surface area contributed by atoms with E-state index in [1.54, 1.807) is 0 Å². The number of hydrogen-bond acceptors (Lipinski definition) is 6. The van der Waals surface area contributed by atoms with E-state index in [1.807, 2.05) is 0 Å². The van der Waals surface area contributed by atoms with Crippen LogP contribution in [0.25, 0.3) is 0 Å².